The van der Waals surface area contributed by atoms with Crippen LogP contribution in [0.25, 0.3) is 0 Å². The van der Waals surface area contributed by atoms with Gasteiger partial charge in [-0.3, -0.25) is 9.59 Å². The van der Waals surface area contributed by atoms with Crippen molar-refractivity contribution >= 4 is 34.9 Å². The number of nitrogens with one attached hydrogen (secondary N) is 1. The van der Waals surface area contributed by atoms with Gasteiger partial charge in [-0.05, 0) is 25.0 Å². The Kier molecular flexibility index (Phi) is 4.49. The Bertz CT molecular complexity index is 759. The number of unbranched alkanes of at least 4 members (excludes halogenated alkanes) is 3. The lowest BCUT2D eigenvalue weighted by Crippen LogP contribution is -2.52. The molecule has 3 rings (SSSR count). The third kappa shape index (κ3) is 2.47. The van der Waals surface area contributed by atoms with Gasteiger partial charge in [0.25, 0.3) is 11.6 Å². The Morgan fingerprint density at radius 1 is 1.21 bits per heavy atom. The Labute approximate surface area is 149 Å². The molecule has 0 aromatic heterocycles. The van der Waals surface area contributed by atoms with Crippen LogP contribution in [0.4, 0.5) is 0 Å². The van der Waals surface area contributed by atoms with Crippen molar-refractivity contribution in [3.05, 3.63) is 33.3 Å². The second-order valence-electron chi connectivity index (χ2n) is 5.95. The predicted molar refractivity (Wildman–Crippen MR) is 90.5 cm³/mol. The van der Waals surface area contributed by atoms with Crippen LogP contribution in [0.5, 0.6) is 11.5 Å². The molecule has 2 N–H and O–H groups in total. The number of benzene rings is 1. The average molecular weight is 370 g/mol. The number of hydrogen-bond donors (Lipinski definition) is 2. The van der Waals surface area contributed by atoms with Gasteiger partial charge in [-0.1, -0.05) is 49.4 Å². The second kappa shape index (κ2) is 6.30. The van der Waals surface area contributed by atoms with Crippen molar-refractivity contribution in [3.8, 4) is 11.5 Å². The summed E-state index contributed by atoms with van der Waals surface area (Å²) in [7, 11) is 0. The second-order valence-corrected chi connectivity index (χ2v) is 6.70. The Hall–Kier alpha value is -1.72. The molecule has 24 heavy (non-hydrogen) atoms. The fourth-order valence-electron chi connectivity index (χ4n) is 3.02. The van der Waals surface area contributed by atoms with Gasteiger partial charge in [0, 0.05) is 5.56 Å². The molecule has 0 bridgehead atoms. The molecule has 0 aliphatic carbocycles. The summed E-state index contributed by atoms with van der Waals surface area (Å²) in [5, 5.41) is 12.2. The highest BCUT2D eigenvalue weighted by Crippen LogP contribution is 2.47. The number of Topliss-reactive ketones (excluding diaryl/α,β-unsaturated/α-hetero) is 1. The van der Waals surface area contributed by atoms with Crippen LogP contribution in [-0.2, 0) is 11.2 Å². The van der Waals surface area contributed by atoms with Gasteiger partial charge in [0.2, 0.25) is 5.78 Å². The van der Waals surface area contributed by atoms with E-state index in [1.165, 1.54) is 12.1 Å². The van der Waals surface area contributed by atoms with Gasteiger partial charge in [-0.2, -0.15) is 0 Å². The smallest absolute Gasteiger partial charge is 0.285 e. The lowest BCUT2D eigenvalue weighted by molar-refractivity contribution is -0.118. The minimum atomic E-state index is -1.80. The van der Waals surface area contributed by atoms with Crippen LogP contribution >= 0.6 is 23.2 Å². The molecule has 0 unspecified atom stereocenters. The van der Waals surface area contributed by atoms with Crippen LogP contribution in [0, 0.1) is 0 Å². The summed E-state index contributed by atoms with van der Waals surface area (Å²) in [4.78, 5) is 24.5. The fraction of sp³-hybridized carbons (Fsp3) is 0.412. The molecule has 2 aliphatic rings. The predicted octanol–water partition coefficient (Wildman–Crippen LogP) is 3.61. The first-order valence-corrected chi connectivity index (χ1v) is 8.65. The normalized spacial score (nSPS) is 22.1. The van der Waals surface area contributed by atoms with Gasteiger partial charge < -0.3 is 15.2 Å². The molecule has 128 valence electrons. The molecule has 0 saturated carbocycles. The first-order valence-electron chi connectivity index (χ1n) is 7.89. The van der Waals surface area contributed by atoms with E-state index in [0.717, 1.165) is 25.7 Å². The third-order valence-electron chi connectivity index (χ3n) is 4.33. The van der Waals surface area contributed by atoms with E-state index in [2.05, 4.69) is 12.2 Å². The topological polar surface area (TPSA) is 75.6 Å². The summed E-state index contributed by atoms with van der Waals surface area (Å²) in [5.74, 6) is -0.815. The number of hydrogen-bond acceptors (Lipinski definition) is 4. The van der Waals surface area contributed by atoms with E-state index in [0.29, 0.717) is 12.0 Å². The van der Waals surface area contributed by atoms with Gasteiger partial charge in [0.1, 0.15) is 21.6 Å². The monoisotopic (exact) mass is 369 g/mol. The number of phenols is 1. The van der Waals surface area contributed by atoms with Crippen LogP contribution in [-0.4, -0.2) is 22.5 Å². The molecular weight excluding hydrogens is 353 g/mol. The number of aromatic hydroxyl groups is 1. The van der Waals surface area contributed by atoms with E-state index in [4.69, 9.17) is 27.9 Å². The molecule has 1 spiro atoms. The van der Waals surface area contributed by atoms with Crippen LogP contribution < -0.4 is 10.1 Å². The van der Waals surface area contributed by atoms with Crippen molar-refractivity contribution in [3.63, 3.8) is 0 Å². The standard InChI is InChI=1S/C17H17Cl2NO4/c1-2-3-4-5-6-9-11(21)8-7-10-13(9)24-17(15(10)22)14(19)12(18)16(23)20-17/h7-8,21H,2-6H2,1H3,(H,20,23)/t17-/m0/s1. The number of fused-ring (bicyclic) bond motifs is 1. The van der Waals surface area contributed by atoms with E-state index in [1.807, 2.05) is 0 Å². The van der Waals surface area contributed by atoms with Crippen LogP contribution in [0.3, 0.4) is 0 Å². The van der Waals surface area contributed by atoms with Crippen LogP contribution in [0.2, 0.25) is 0 Å². The molecule has 5 nitrogen and oxygen atoms in total. The number of ether oxygens (including phenoxy) is 1. The zero-order valence-corrected chi connectivity index (χ0v) is 14.6. The lowest BCUT2D eigenvalue weighted by Gasteiger charge is -2.22. The van der Waals surface area contributed by atoms with Crippen molar-refractivity contribution < 1.29 is 19.4 Å². The molecule has 7 heteroatoms. The van der Waals surface area contributed by atoms with Gasteiger partial charge in [0.15, 0.2) is 0 Å². The first kappa shape index (κ1) is 17.1. The molecule has 0 radical (unpaired) electrons. The average Bonchev–Trinajstić information content (AvgIpc) is 2.96. The summed E-state index contributed by atoms with van der Waals surface area (Å²) in [6, 6.07) is 2.93. The number of carbonyl (C=O) groups is 2. The number of ketones is 1. The Morgan fingerprint density at radius 2 is 1.96 bits per heavy atom. The highest BCUT2D eigenvalue weighted by molar-refractivity contribution is 6.51. The van der Waals surface area contributed by atoms with Gasteiger partial charge in [-0.25, -0.2) is 0 Å². The molecular formula is C17H17Cl2NO4. The van der Waals surface area contributed by atoms with Crippen molar-refractivity contribution in [2.45, 2.75) is 44.8 Å². The fourth-order valence-corrected chi connectivity index (χ4v) is 3.46. The third-order valence-corrected chi connectivity index (χ3v) is 5.24. The molecule has 0 fully saturated rings. The van der Waals surface area contributed by atoms with Crippen molar-refractivity contribution in [1.82, 2.24) is 5.32 Å². The molecule has 1 amide bonds. The Morgan fingerprint density at radius 3 is 2.58 bits per heavy atom. The summed E-state index contributed by atoms with van der Waals surface area (Å²) in [5.41, 5.74) is -0.969. The van der Waals surface area contributed by atoms with Crippen LogP contribution in [0.15, 0.2) is 22.2 Å². The molecule has 0 saturated heterocycles. The summed E-state index contributed by atoms with van der Waals surface area (Å²) >= 11 is 11.9. The molecule has 1 aromatic carbocycles. The summed E-state index contributed by atoms with van der Waals surface area (Å²) in [6.45, 7) is 2.12. The number of carbonyl (C=O) groups excluding carboxylic acids is 2. The molecule has 2 aliphatic heterocycles. The largest absolute Gasteiger partial charge is 0.508 e. The number of amides is 1. The van der Waals surface area contributed by atoms with Gasteiger partial charge >= 0.3 is 0 Å². The van der Waals surface area contributed by atoms with E-state index in [9.17, 15) is 14.7 Å². The number of rotatable bonds is 5. The Balaban J connectivity index is 1.96. The van der Waals surface area contributed by atoms with E-state index >= 15 is 0 Å². The SMILES string of the molecule is CCCCCCc1c(O)ccc2c1O[C@]1(NC(=O)C(Cl)=C1Cl)C2=O. The van der Waals surface area contributed by atoms with E-state index < -0.39 is 17.4 Å². The van der Waals surface area contributed by atoms with E-state index in [1.54, 1.807) is 0 Å². The van der Waals surface area contributed by atoms with Crippen molar-refractivity contribution in [2.24, 2.45) is 0 Å². The maximum atomic E-state index is 12.8. The van der Waals surface area contributed by atoms with Gasteiger partial charge in [0.05, 0.1) is 5.56 Å². The molecule has 1 atom stereocenters. The highest BCUT2D eigenvalue weighted by atomic mass is 35.5. The minimum Gasteiger partial charge on any atom is -0.508 e. The van der Waals surface area contributed by atoms with Gasteiger partial charge in [-0.15, -0.1) is 0 Å². The lowest BCUT2D eigenvalue weighted by atomic mass is 9.98. The maximum Gasteiger partial charge on any atom is 0.285 e. The summed E-state index contributed by atoms with van der Waals surface area (Å²) in [6.07, 6.45) is 4.64. The first-order chi connectivity index (χ1) is 11.4. The number of halogens is 2. The maximum absolute atomic E-state index is 12.8. The van der Waals surface area contributed by atoms with Crippen LogP contribution in [0.1, 0.15) is 48.5 Å². The molecule has 2 heterocycles. The zero-order valence-electron chi connectivity index (χ0n) is 13.1. The number of phenolic OH excluding ortho intramolecular Hbond substituents is 1. The minimum absolute atomic E-state index is 0.0608. The van der Waals surface area contributed by atoms with Crippen molar-refractivity contribution in [1.29, 1.82) is 0 Å². The zero-order chi connectivity index (χ0) is 17.5. The summed E-state index contributed by atoms with van der Waals surface area (Å²) < 4.78 is 5.77. The quantitative estimate of drug-likeness (QED) is 0.777. The molecule has 1 aromatic rings. The highest BCUT2D eigenvalue weighted by Gasteiger charge is 2.58. The van der Waals surface area contributed by atoms with Crippen molar-refractivity contribution in [2.75, 3.05) is 0 Å². The van der Waals surface area contributed by atoms with E-state index in [-0.39, 0.29) is 27.1 Å².